The van der Waals surface area contributed by atoms with Crippen LogP contribution in [0.15, 0.2) is 18.2 Å². The lowest BCUT2D eigenvalue weighted by Crippen LogP contribution is -2.32. The molecule has 0 saturated heterocycles. The molecule has 0 amide bonds. The Morgan fingerprint density at radius 1 is 1.38 bits per heavy atom. The number of aliphatic hydroxyl groups is 1. The van der Waals surface area contributed by atoms with Gasteiger partial charge in [-0.1, -0.05) is 31.3 Å². The number of benzene rings is 1. The molecule has 1 fully saturated rings. The quantitative estimate of drug-likeness (QED) is 0.813. The molecule has 0 heterocycles. The Balaban J connectivity index is 2.01. The summed E-state index contributed by atoms with van der Waals surface area (Å²) >= 11 is 0. The molecule has 1 aromatic carbocycles. The molecule has 0 bridgehead atoms. The van der Waals surface area contributed by atoms with Crippen molar-refractivity contribution in [2.24, 2.45) is 5.92 Å². The summed E-state index contributed by atoms with van der Waals surface area (Å²) < 4.78 is 13.7. The highest BCUT2D eigenvalue weighted by Gasteiger charge is 2.20. The summed E-state index contributed by atoms with van der Waals surface area (Å²) in [6, 6.07) is 5.18. The van der Waals surface area contributed by atoms with Crippen LogP contribution < -0.4 is 0 Å². The zero-order valence-corrected chi connectivity index (χ0v) is 12.7. The van der Waals surface area contributed by atoms with E-state index in [1.165, 1.54) is 25.3 Å². The molecule has 114 valence electrons. The standard InChI is InChI=1S/C18H24FNO/c1-2-20(13-15-6-5-7-15)14-16-9-10-18(19)17(12-16)8-3-4-11-21/h9-10,12,15,21H,2,4-7,11,13-14H2,1H3. The van der Waals surface area contributed by atoms with Crippen LogP contribution in [0.2, 0.25) is 0 Å². The van der Waals surface area contributed by atoms with Crippen LogP contribution >= 0.6 is 0 Å². The van der Waals surface area contributed by atoms with Gasteiger partial charge in [0.2, 0.25) is 0 Å². The number of rotatable bonds is 6. The molecule has 0 aromatic heterocycles. The maximum absolute atomic E-state index is 13.7. The second kappa shape index (κ2) is 8.17. The largest absolute Gasteiger partial charge is 0.395 e. The first-order chi connectivity index (χ1) is 10.2. The molecule has 0 atom stereocenters. The van der Waals surface area contributed by atoms with Crippen LogP contribution in [0, 0.1) is 23.6 Å². The SMILES string of the molecule is CCN(Cc1ccc(F)c(C#CCCO)c1)CC1CCC1. The highest BCUT2D eigenvalue weighted by atomic mass is 19.1. The summed E-state index contributed by atoms with van der Waals surface area (Å²) in [7, 11) is 0. The highest BCUT2D eigenvalue weighted by molar-refractivity contribution is 5.38. The first-order valence-corrected chi connectivity index (χ1v) is 7.83. The molecule has 2 nitrogen and oxygen atoms in total. The van der Waals surface area contributed by atoms with Crippen molar-refractivity contribution in [2.45, 2.75) is 39.2 Å². The maximum atomic E-state index is 13.7. The Morgan fingerprint density at radius 3 is 2.81 bits per heavy atom. The van der Waals surface area contributed by atoms with Gasteiger partial charge in [0, 0.05) is 19.5 Å². The van der Waals surface area contributed by atoms with Gasteiger partial charge in [0.15, 0.2) is 0 Å². The van der Waals surface area contributed by atoms with Gasteiger partial charge in [-0.25, -0.2) is 4.39 Å². The predicted molar refractivity (Wildman–Crippen MR) is 83.3 cm³/mol. The topological polar surface area (TPSA) is 23.5 Å². The summed E-state index contributed by atoms with van der Waals surface area (Å²) in [6.07, 6.45) is 4.44. The van der Waals surface area contributed by atoms with E-state index in [9.17, 15) is 4.39 Å². The van der Waals surface area contributed by atoms with Gasteiger partial charge in [-0.3, -0.25) is 4.90 Å². The summed E-state index contributed by atoms with van der Waals surface area (Å²) in [4.78, 5) is 2.42. The van der Waals surface area contributed by atoms with E-state index in [1.54, 1.807) is 0 Å². The second-order valence-electron chi connectivity index (χ2n) is 5.71. The predicted octanol–water partition coefficient (Wildman–Crippen LogP) is 3.18. The number of hydrogen-bond acceptors (Lipinski definition) is 2. The van der Waals surface area contributed by atoms with E-state index < -0.39 is 0 Å². The van der Waals surface area contributed by atoms with E-state index in [2.05, 4.69) is 23.7 Å². The molecule has 3 heteroatoms. The molecule has 1 N–H and O–H groups in total. The molecule has 0 unspecified atom stereocenters. The minimum atomic E-state index is -0.286. The number of nitrogens with zero attached hydrogens (tertiary/aromatic N) is 1. The van der Waals surface area contributed by atoms with Crippen molar-refractivity contribution < 1.29 is 9.50 Å². The fourth-order valence-corrected chi connectivity index (χ4v) is 2.58. The third kappa shape index (κ3) is 4.84. The minimum Gasteiger partial charge on any atom is -0.395 e. The van der Waals surface area contributed by atoms with Crippen molar-refractivity contribution in [3.63, 3.8) is 0 Å². The number of hydrogen-bond donors (Lipinski definition) is 1. The molecule has 1 aromatic rings. The van der Waals surface area contributed by atoms with Gasteiger partial charge in [0.25, 0.3) is 0 Å². The zero-order chi connectivity index (χ0) is 15.1. The molecule has 0 spiro atoms. The Morgan fingerprint density at radius 2 is 2.19 bits per heavy atom. The van der Waals surface area contributed by atoms with E-state index in [0.717, 1.165) is 31.1 Å². The molecule has 21 heavy (non-hydrogen) atoms. The van der Waals surface area contributed by atoms with Crippen molar-refractivity contribution >= 4 is 0 Å². The molecule has 1 aliphatic carbocycles. The lowest BCUT2D eigenvalue weighted by atomic mass is 9.85. The molecule has 2 rings (SSSR count). The van der Waals surface area contributed by atoms with Crippen molar-refractivity contribution in [3.8, 4) is 11.8 Å². The number of halogens is 1. The third-order valence-electron chi connectivity index (χ3n) is 4.09. The van der Waals surface area contributed by atoms with Crippen LogP contribution in [0.1, 0.15) is 43.7 Å². The van der Waals surface area contributed by atoms with Gasteiger partial charge in [0.05, 0.1) is 12.2 Å². The van der Waals surface area contributed by atoms with Gasteiger partial charge >= 0.3 is 0 Å². The van der Waals surface area contributed by atoms with Gasteiger partial charge in [0.1, 0.15) is 5.82 Å². The van der Waals surface area contributed by atoms with Crippen LogP contribution in [-0.2, 0) is 6.54 Å². The van der Waals surface area contributed by atoms with Crippen LogP contribution in [-0.4, -0.2) is 29.7 Å². The van der Waals surface area contributed by atoms with E-state index in [4.69, 9.17) is 5.11 Å². The third-order valence-corrected chi connectivity index (χ3v) is 4.09. The van der Waals surface area contributed by atoms with Gasteiger partial charge in [-0.2, -0.15) is 0 Å². The minimum absolute atomic E-state index is 0.0132. The van der Waals surface area contributed by atoms with Crippen molar-refractivity contribution in [3.05, 3.63) is 35.1 Å². The fourth-order valence-electron chi connectivity index (χ4n) is 2.58. The van der Waals surface area contributed by atoms with E-state index in [0.29, 0.717) is 12.0 Å². The molecule has 1 saturated carbocycles. The van der Waals surface area contributed by atoms with Crippen molar-refractivity contribution in [1.82, 2.24) is 4.90 Å². The van der Waals surface area contributed by atoms with E-state index in [-0.39, 0.29) is 12.4 Å². The highest BCUT2D eigenvalue weighted by Crippen LogP contribution is 2.27. The van der Waals surface area contributed by atoms with Gasteiger partial charge in [-0.05, 0) is 43.0 Å². The fraction of sp³-hybridized carbons (Fsp3) is 0.556. The summed E-state index contributed by atoms with van der Waals surface area (Å²) in [5.74, 6) is 6.14. The second-order valence-corrected chi connectivity index (χ2v) is 5.71. The lowest BCUT2D eigenvalue weighted by Gasteiger charge is -2.31. The first kappa shape index (κ1) is 16.0. The molecule has 0 aliphatic heterocycles. The summed E-state index contributed by atoms with van der Waals surface area (Å²) in [5, 5.41) is 8.73. The molecule has 0 radical (unpaired) electrons. The monoisotopic (exact) mass is 289 g/mol. The first-order valence-electron chi connectivity index (χ1n) is 7.83. The smallest absolute Gasteiger partial charge is 0.138 e. The Kier molecular flexibility index (Phi) is 6.22. The van der Waals surface area contributed by atoms with Gasteiger partial charge in [-0.15, -0.1) is 0 Å². The van der Waals surface area contributed by atoms with E-state index in [1.807, 2.05) is 12.1 Å². The average Bonchev–Trinajstić information content (AvgIpc) is 2.44. The van der Waals surface area contributed by atoms with Gasteiger partial charge < -0.3 is 5.11 Å². The average molecular weight is 289 g/mol. The van der Waals surface area contributed by atoms with Crippen molar-refractivity contribution in [2.75, 3.05) is 19.7 Å². The van der Waals surface area contributed by atoms with Crippen LogP contribution in [0.5, 0.6) is 0 Å². The Labute approximate surface area is 127 Å². The number of aliphatic hydroxyl groups excluding tert-OH is 1. The van der Waals surface area contributed by atoms with Crippen LogP contribution in [0.3, 0.4) is 0 Å². The molecule has 1 aliphatic rings. The summed E-state index contributed by atoms with van der Waals surface area (Å²) in [5.41, 5.74) is 1.53. The lowest BCUT2D eigenvalue weighted by molar-refractivity contribution is 0.178. The molecular weight excluding hydrogens is 265 g/mol. The van der Waals surface area contributed by atoms with E-state index >= 15 is 0 Å². The molecular formula is C18H24FNO. The Hall–Kier alpha value is -1.37. The Bertz CT molecular complexity index is 514. The van der Waals surface area contributed by atoms with Crippen LogP contribution in [0.25, 0.3) is 0 Å². The maximum Gasteiger partial charge on any atom is 0.138 e. The normalized spacial score (nSPS) is 14.7. The zero-order valence-electron chi connectivity index (χ0n) is 12.7. The summed E-state index contributed by atoms with van der Waals surface area (Å²) in [6.45, 7) is 5.18. The van der Waals surface area contributed by atoms with Crippen LogP contribution in [0.4, 0.5) is 4.39 Å². The van der Waals surface area contributed by atoms with Crippen molar-refractivity contribution in [1.29, 1.82) is 0 Å².